The van der Waals surface area contributed by atoms with Crippen LogP contribution in [0.5, 0.6) is 5.75 Å². The number of para-hydroxylation sites is 3. The van der Waals surface area contributed by atoms with Crippen LogP contribution in [0.1, 0.15) is 0 Å². The van der Waals surface area contributed by atoms with Crippen LogP contribution in [0.15, 0.2) is 72.6 Å². The Morgan fingerprint density at radius 2 is 1.88 bits per heavy atom. The average molecular weight is 344 g/mol. The predicted octanol–water partition coefficient (Wildman–Crippen LogP) is 3.70. The number of methoxy groups -OCH3 is 1. The number of anilines is 2. The lowest BCUT2D eigenvalue weighted by Crippen LogP contribution is -2.15. The molecule has 0 saturated heterocycles. The molecule has 6 nitrogen and oxygen atoms in total. The lowest BCUT2D eigenvalue weighted by atomic mass is 10.2. The summed E-state index contributed by atoms with van der Waals surface area (Å²) in [5.41, 5.74) is 1.89. The molecule has 3 rings (SSSR count). The number of nitrogens with zero attached hydrogens (tertiary/aromatic N) is 2. The number of amides is 1. The van der Waals surface area contributed by atoms with E-state index < -0.39 is 5.91 Å². The second-order valence-corrected chi connectivity index (χ2v) is 5.35. The first-order valence-electron chi connectivity index (χ1n) is 7.88. The summed E-state index contributed by atoms with van der Waals surface area (Å²) in [6.45, 7) is 0. The number of fused-ring (bicyclic) bond motifs is 1. The van der Waals surface area contributed by atoms with Crippen LogP contribution in [-0.2, 0) is 4.79 Å². The van der Waals surface area contributed by atoms with Crippen molar-refractivity contribution in [2.45, 2.75) is 0 Å². The molecule has 0 fully saturated rings. The van der Waals surface area contributed by atoms with Gasteiger partial charge in [-0.2, -0.15) is 5.26 Å². The fraction of sp³-hybridized carbons (Fsp3) is 0.0500. The molecule has 0 radical (unpaired) electrons. The smallest absolute Gasteiger partial charge is 0.267 e. The predicted molar refractivity (Wildman–Crippen MR) is 101 cm³/mol. The Morgan fingerprint density at radius 3 is 2.69 bits per heavy atom. The number of carbonyl (C=O) groups is 1. The van der Waals surface area contributed by atoms with Crippen molar-refractivity contribution in [1.29, 1.82) is 5.26 Å². The molecule has 128 valence electrons. The van der Waals surface area contributed by atoms with E-state index in [1.54, 1.807) is 30.5 Å². The summed E-state index contributed by atoms with van der Waals surface area (Å²) in [7, 11) is 1.51. The Hall–Kier alpha value is -3.85. The van der Waals surface area contributed by atoms with Crippen LogP contribution in [0.2, 0.25) is 0 Å². The zero-order valence-corrected chi connectivity index (χ0v) is 14.1. The molecular formula is C20H16N4O2. The third-order valence-corrected chi connectivity index (χ3v) is 3.72. The number of carbonyl (C=O) groups excluding carboxylic acids is 1. The highest BCUT2D eigenvalue weighted by Gasteiger charge is 2.12. The maximum atomic E-state index is 12.4. The number of ether oxygens (including phenoxy) is 1. The van der Waals surface area contributed by atoms with Gasteiger partial charge in [0.25, 0.3) is 5.91 Å². The quantitative estimate of drug-likeness (QED) is 0.544. The first kappa shape index (κ1) is 17.0. The molecule has 0 bridgehead atoms. The highest BCUT2D eigenvalue weighted by atomic mass is 16.5. The number of benzene rings is 2. The minimum atomic E-state index is -0.530. The van der Waals surface area contributed by atoms with Crippen LogP contribution < -0.4 is 15.4 Å². The molecule has 2 aromatic carbocycles. The largest absolute Gasteiger partial charge is 0.495 e. The van der Waals surface area contributed by atoms with E-state index in [4.69, 9.17) is 4.74 Å². The molecule has 0 aliphatic heterocycles. The minimum absolute atomic E-state index is 0.0659. The van der Waals surface area contributed by atoms with Crippen molar-refractivity contribution >= 4 is 28.2 Å². The number of nitrogens with one attached hydrogen (secondary N) is 2. The molecule has 0 atom stereocenters. The summed E-state index contributed by atoms with van der Waals surface area (Å²) in [4.78, 5) is 16.7. The van der Waals surface area contributed by atoms with Crippen molar-refractivity contribution in [1.82, 2.24) is 4.98 Å². The Morgan fingerprint density at radius 1 is 1.12 bits per heavy atom. The number of pyridine rings is 1. The number of hydrogen-bond acceptors (Lipinski definition) is 5. The van der Waals surface area contributed by atoms with Crippen LogP contribution in [0, 0.1) is 11.3 Å². The van der Waals surface area contributed by atoms with Gasteiger partial charge in [0.2, 0.25) is 0 Å². The van der Waals surface area contributed by atoms with E-state index in [-0.39, 0.29) is 5.57 Å². The van der Waals surface area contributed by atoms with Gasteiger partial charge in [0.1, 0.15) is 17.4 Å². The Bertz CT molecular complexity index is 1020. The molecule has 2 N–H and O–H groups in total. The van der Waals surface area contributed by atoms with Crippen LogP contribution in [0.4, 0.5) is 11.4 Å². The van der Waals surface area contributed by atoms with E-state index in [1.165, 1.54) is 13.3 Å². The fourth-order valence-electron chi connectivity index (χ4n) is 2.46. The Kier molecular flexibility index (Phi) is 5.11. The second kappa shape index (κ2) is 7.81. The van der Waals surface area contributed by atoms with Crippen molar-refractivity contribution in [3.8, 4) is 11.8 Å². The first-order chi connectivity index (χ1) is 12.7. The molecular weight excluding hydrogens is 328 g/mol. The average Bonchev–Trinajstić information content (AvgIpc) is 2.69. The molecule has 0 unspecified atom stereocenters. The van der Waals surface area contributed by atoms with E-state index in [0.717, 1.165) is 10.9 Å². The molecule has 0 aliphatic rings. The van der Waals surface area contributed by atoms with Crippen LogP contribution in [0.3, 0.4) is 0 Å². The zero-order valence-electron chi connectivity index (χ0n) is 14.1. The van der Waals surface area contributed by atoms with Crippen LogP contribution in [-0.4, -0.2) is 18.0 Å². The monoisotopic (exact) mass is 344 g/mol. The summed E-state index contributed by atoms with van der Waals surface area (Å²) in [5.74, 6) is -0.0120. The summed E-state index contributed by atoms with van der Waals surface area (Å²) in [6, 6.07) is 18.3. The normalized spacial score (nSPS) is 10.8. The van der Waals surface area contributed by atoms with E-state index >= 15 is 0 Å². The summed E-state index contributed by atoms with van der Waals surface area (Å²) in [6.07, 6.45) is 3.06. The summed E-state index contributed by atoms with van der Waals surface area (Å²) >= 11 is 0. The molecule has 1 aromatic heterocycles. The highest BCUT2D eigenvalue weighted by molar-refractivity contribution is 6.07. The van der Waals surface area contributed by atoms with Crippen molar-refractivity contribution in [3.63, 3.8) is 0 Å². The standard InChI is InChI=1S/C20H16N4O2/c1-26-18-10-3-2-8-16(18)24-20(25)15(12-21)13-23-17-9-4-6-14-7-5-11-22-19(14)17/h2-11,13,23H,1H3,(H,24,25)/b15-13-. The van der Waals surface area contributed by atoms with Gasteiger partial charge >= 0.3 is 0 Å². The topological polar surface area (TPSA) is 87.0 Å². The molecule has 1 heterocycles. The first-order valence-corrected chi connectivity index (χ1v) is 7.88. The third-order valence-electron chi connectivity index (χ3n) is 3.72. The van der Waals surface area contributed by atoms with Crippen LogP contribution in [0.25, 0.3) is 10.9 Å². The van der Waals surface area contributed by atoms with Gasteiger partial charge < -0.3 is 15.4 Å². The molecule has 1 amide bonds. The van der Waals surface area contributed by atoms with E-state index in [2.05, 4.69) is 15.6 Å². The van der Waals surface area contributed by atoms with Crippen molar-refractivity contribution < 1.29 is 9.53 Å². The van der Waals surface area contributed by atoms with Crippen molar-refractivity contribution in [3.05, 3.63) is 72.6 Å². The number of nitriles is 1. The molecule has 3 aromatic rings. The minimum Gasteiger partial charge on any atom is -0.495 e. The highest BCUT2D eigenvalue weighted by Crippen LogP contribution is 2.24. The van der Waals surface area contributed by atoms with Gasteiger partial charge in [0, 0.05) is 17.8 Å². The fourth-order valence-corrected chi connectivity index (χ4v) is 2.46. The number of aromatic nitrogens is 1. The van der Waals surface area contributed by atoms with Gasteiger partial charge in [-0.15, -0.1) is 0 Å². The van der Waals surface area contributed by atoms with Gasteiger partial charge in [-0.1, -0.05) is 30.3 Å². The van der Waals surface area contributed by atoms with Gasteiger partial charge in [-0.3, -0.25) is 9.78 Å². The van der Waals surface area contributed by atoms with Gasteiger partial charge in [0.15, 0.2) is 0 Å². The van der Waals surface area contributed by atoms with Crippen molar-refractivity contribution in [2.24, 2.45) is 0 Å². The van der Waals surface area contributed by atoms with Crippen molar-refractivity contribution in [2.75, 3.05) is 17.7 Å². The lowest BCUT2D eigenvalue weighted by molar-refractivity contribution is -0.112. The van der Waals surface area contributed by atoms with E-state index in [9.17, 15) is 10.1 Å². The van der Waals surface area contributed by atoms with Gasteiger partial charge in [-0.25, -0.2) is 0 Å². The lowest BCUT2D eigenvalue weighted by Gasteiger charge is -2.09. The number of hydrogen-bond donors (Lipinski definition) is 2. The van der Waals surface area contributed by atoms with E-state index in [1.807, 2.05) is 36.4 Å². The molecule has 6 heteroatoms. The van der Waals surface area contributed by atoms with Gasteiger partial charge in [0.05, 0.1) is 24.0 Å². The van der Waals surface area contributed by atoms with Crippen LogP contribution >= 0.6 is 0 Å². The van der Waals surface area contributed by atoms with Gasteiger partial charge in [-0.05, 0) is 24.3 Å². The molecule has 0 spiro atoms. The maximum Gasteiger partial charge on any atom is 0.267 e. The molecule has 0 saturated carbocycles. The molecule has 0 aliphatic carbocycles. The summed E-state index contributed by atoms with van der Waals surface area (Å²) < 4.78 is 5.20. The second-order valence-electron chi connectivity index (χ2n) is 5.35. The van der Waals surface area contributed by atoms with E-state index in [0.29, 0.717) is 17.1 Å². The maximum absolute atomic E-state index is 12.4. The Balaban J connectivity index is 1.82. The SMILES string of the molecule is COc1ccccc1NC(=O)/C(C#N)=C\Nc1cccc2cccnc12. The third kappa shape index (κ3) is 3.62. The molecule has 26 heavy (non-hydrogen) atoms. The number of rotatable bonds is 5. The zero-order chi connectivity index (χ0) is 18.4. The Labute approximate surface area is 150 Å². The summed E-state index contributed by atoms with van der Waals surface area (Å²) in [5, 5.41) is 16.0.